The van der Waals surface area contributed by atoms with Crippen molar-refractivity contribution in [1.29, 1.82) is 0 Å². The first kappa shape index (κ1) is 12.4. The predicted octanol–water partition coefficient (Wildman–Crippen LogP) is -1.38. The van der Waals surface area contributed by atoms with Gasteiger partial charge in [0, 0.05) is 0 Å². The second-order valence-corrected chi connectivity index (χ2v) is 4.52. The molecule has 0 unspecified atom stereocenters. The predicted molar refractivity (Wildman–Crippen MR) is 59.8 cm³/mol. The van der Waals surface area contributed by atoms with Crippen molar-refractivity contribution >= 4 is 17.2 Å². The Kier molecular flexibility index (Phi) is 3.40. The third-order valence-electron chi connectivity index (χ3n) is 2.51. The number of aliphatic hydroxyl groups is 3. The smallest absolute Gasteiger partial charge is 0.188 e. The fourth-order valence-corrected chi connectivity index (χ4v) is 2.35. The minimum absolute atomic E-state index is 0.222. The lowest BCUT2D eigenvalue weighted by Crippen LogP contribution is -2.32. The third kappa shape index (κ3) is 2.17. The maximum Gasteiger partial charge on any atom is 0.188 e. The molecule has 2 heterocycles. The molecular formula is C9H13N3O4S. The van der Waals surface area contributed by atoms with Gasteiger partial charge in [-0.05, 0) is 11.5 Å². The zero-order valence-corrected chi connectivity index (χ0v) is 9.67. The van der Waals surface area contributed by atoms with E-state index in [-0.39, 0.29) is 18.1 Å². The van der Waals surface area contributed by atoms with Crippen LogP contribution in [0, 0.1) is 0 Å². The van der Waals surface area contributed by atoms with Gasteiger partial charge in [-0.15, -0.1) is 0 Å². The molecule has 0 saturated carbocycles. The van der Waals surface area contributed by atoms with Crippen molar-refractivity contribution in [1.82, 2.24) is 9.36 Å². The van der Waals surface area contributed by atoms with Gasteiger partial charge in [0.05, 0.1) is 12.3 Å². The molecule has 4 atom stereocenters. The Balaban J connectivity index is 2.19. The maximum absolute atomic E-state index is 9.76. The van der Waals surface area contributed by atoms with Gasteiger partial charge in [-0.1, -0.05) is 6.58 Å². The van der Waals surface area contributed by atoms with Crippen LogP contribution in [0.5, 0.6) is 0 Å². The molecule has 94 valence electrons. The van der Waals surface area contributed by atoms with E-state index in [1.165, 1.54) is 0 Å². The van der Waals surface area contributed by atoms with Crippen molar-refractivity contribution in [2.45, 2.75) is 24.4 Å². The summed E-state index contributed by atoms with van der Waals surface area (Å²) in [6, 6.07) is 0. The van der Waals surface area contributed by atoms with E-state index < -0.39 is 24.4 Å². The Morgan fingerprint density at radius 1 is 1.47 bits per heavy atom. The molecule has 1 aliphatic rings. The minimum atomic E-state index is -1.14. The van der Waals surface area contributed by atoms with Crippen molar-refractivity contribution in [3.05, 3.63) is 17.4 Å². The molecule has 0 radical (unpaired) electrons. The second-order valence-electron chi connectivity index (χ2n) is 3.74. The van der Waals surface area contributed by atoms with Crippen LogP contribution in [0.3, 0.4) is 0 Å². The van der Waals surface area contributed by atoms with E-state index in [0.29, 0.717) is 5.01 Å². The number of aliphatic hydroxyl groups excluding tert-OH is 3. The molecule has 0 spiro atoms. The standard InChI is InChI=1S/C9H13N3O4S/c1-3(10)8-11-9(17-12-8)7-6(15)5(14)4(2-13)16-7/h4-7,13-15H,1-2,10H2/t4-,5-,6-,7-/m1/s1. The average Bonchev–Trinajstić information content (AvgIpc) is 2.87. The van der Waals surface area contributed by atoms with Gasteiger partial charge in [-0.25, -0.2) is 4.98 Å². The largest absolute Gasteiger partial charge is 0.396 e. The number of rotatable bonds is 3. The van der Waals surface area contributed by atoms with Crippen LogP contribution in [-0.2, 0) is 4.74 Å². The average molecular weight is 259 g/mol. The molecule has 1 aromatic heterocycles. The molecule has 2 rings (SSSR count). The van der Waals surface area contributed by atoms with Crippen LogP contribution in [-0.4, -0.2) is 49.6 Å². The molecule has 0 aromatic carbocycles. The molecule has 0 bridgehead atoms. The summed E-state index contributed by atoms with van der Waals surface area (Å²) in [5, 5.41) is 28.7. The Morgan fingerprint density at radius 2 is 2.18 bits per heavy atom. The van der Waals surface area contributed by atoms with Crippen molar-refractivity contribution in [2.75, 3.05) is 6.61 Å². The number of ether oxygens (including phenoxy) is 1. The zero-order valence-electron chi connectivity index (χ0n) is 8.85. The molecule has 0 amide bonds. The van der Waals surface area contributed by atoms with Gasteiger partial charge in [-0.2, -0.15) is 4.37 Å². The van der Waals surface area contributed by atoms with Crippen molar-refractivity contribution in [3.8, 4) is 0 Å². The summed E-state index contributed by atoms with van der Waals surface area (Å²) >= 11 is 1.01. The number of hydrogen-bond acceptors (Lipinski definition) is 8. The van der Waals surface area contributed by atoms with Gasteiger partial charge < -0.3 is 25.8 Å². The quantitative estimate of drug-likeness (QED) is 0.528. The number of aromatic nitrogens is 2. The third-order valence-corrected chi connectivity index (χ3v) is 3.29. The summed E-state index contributed by atoms with van der Waals surface area (Å²) in [7, 11) is 0. The Labute approximate surface area is 101 Å². The fourth-order valence-electron chi connectivity index (χ4n) is 1.58. The minimum Gasteiger partial charge on any atom is -0.396 e. The number of hydrogen-bond donors (Lipinski definition) is 4. The normalized spacial score (nSPS) is 32.9. The summed E-state index contributed by atoms with van der Waals surface area (Å²) in [6.07, 6.45) is -3.89. The SMILES string of the molecule is C=C(N)c1nsc([C@@H]2O[C@H](CO)[C@@H](O)[C@H]2O)n1. The number of nitrogens with two attached hydrogens (primary N) is 1. The van der Waals surface area contributed by atoms with Crippen LogP contribution in [0.25, 0.3) is 5.70 Å². The summed E-state index contributed by atoms with van der Waals surface area (Å²) in [6.45, 7) is 3.13. The van der Waals surface area contributed by atoms with Crippen LogP contribution < -0.4 is 5.73 Å². The molecule has 7 nitrogen and oxygen atoms in total. The second kappa shape index (κ2) is 4.67. The first-order valence-corrected chi connectivity index (χ1v) is 5.72. The maximum atomic E-state index is 9.76. The highest BCUT2D eigenvalue weighted by atomic mass is 32.1. The first-order valence-electron chi connectivity index (χ1n) is 4.95. The topological polar surface area (TPSA) is 122 Å². The van der Waals surface area contributed by atoms with Gasteiger partial charge >= 0.3 is 0 Å². The van der Waals surface area contributed by atoms with Crippen molar-refractivity contribution in [2.24, 2.45) is 5.73 Å². The Morgan fingerprint density at radius 3 is 2.65 bits per heavy atom. The fraction of sp³-hybridized carbons (Fsp3) is 0.556. The van der Waals surface area contributed by atoms with E-state index >= 15 is 0 Å². The summed E-state index contributed by atoms with van der Waals surface area (Å²) in [4.78, 5) is 4.05. The molecule has 1 aromatic rings. The molecule has 17 heavy (non-hydrogen) atoms. The van der Waals surface area contributed by atoms with Crippen LogP contribution in [0.2, 0.25) is 0 Å². The lowest BCUT2D eigenvalue weighted by atomic mass is 10.1. The molecule has 1 fully saturated rings. The Bertz CT molecular complexity index is 424. The summed E-state index contributed by atoms with van der Waals surface area (Å²) < 4.78 is 9.24. The van der Waals surface area contributed by atoms with Gasteiger partial charge in [-0.3, -0.25) is 0 Å². The van der Waals surface area contributed by atoms with Crippen LogP contribution >= 0.6 is 11.5 Å². The Hall–Kier alpha value is -1.06. The highest BCUT2D eigenvalue weighted by Gasteiger charge is 2.44. The van der Waals surface area contributed by atoms with E-state index in [1.807, 2.05) is 0 Å². The van der Waals surface area contributed by atoms with E-state index in [4.69, 9.17) is 15.6 Å². The van der Waals surface area contributed by atoms with Crippen LogP contribution in [0.15, 0.2) is 6.58 Å². The van der Waals surface area contributed by atoms with E-state index in [2.05, 4.69) is 15.9 Å². The van der Waals surface area contributed by atoms with Crippen molar-refractivity contribution < 1.29 is 20.1 Å². The lowest BCUT2D eigenvalue weighted by Gasteiger charge is -2.10. The monoisotopic (exact) mass is 259 g/mol. The van der Waals surface area contributed by atoms with E-state index in [0.717, 1.165) is 11.5 Å². The highest BCUT2D eigenvalue weighted by Crippen LogP contribution is 2.34. The van der Waals surface area contributed by atoms with Gasteiger partial charge in [0.2, 0.25) is 0 Å². The molecule has 5 N–H and O–H groups in total. The molecule has 1 aliphatic heterocycles. The zero-order chi connectivity index (χ0) is 12.6. The van der Waals surface area contributed by atoms with Gasteiger partial charge in [0.15, 0.2) is 5.82 Å². The van der Waals surface area contributed by atoms with Gasteiger partial charge in [0.1, 0.15) is 29.4 Å². The lowest BCUT2D eigenvalue weighted by molar-refractivity contribution is -0.0228. The molecule has 1 saturated heterocycles. The van der Waals surface area contributed by atoms with Crippen molar-refractivity contribution in [3.63, 3.8) is 0 Å². The van der Waals surface area contributed by atoms with E-state index in [1.54, 1.807) is 0 Å². The molecule has 8 heteroatoms. The summed E-state index contributed by atoms with van der Waals surface area (Å²) in [5.74, 6) is 0.280. The van der Waals surface area contributed by atoms with Gasteiger partial charge in [0.25, 0.3) is 0 Å². The van der Waals surface area contributed by atoms with Crippen LogP contribution in [0.1, 0.15) is 16.9 Å². The first-order chi connectivity index (χ1) is 8.04. The number of nitrogens with zero attached hydrogens (tertiary/aromatic N) is 2. The molecular weight excluding hydrogens is 246 g/mol. The van der Waals surface area contributed by atoms with E-state index in [9.17, 15) is 10.2 Å². The highest BCUT2D eigenvalue weighted by molar-refractivity contribution is 7.05. The van der Waals surface area contributed by atoms with Crippen LogP contribution in [0.4, 0.5) is 0 Å². The molecule has 0 aliphatic carbocycles. The summed E-state index contributed by atoms with van der Waals surface area (Å²) in [5.41, 5.74) is 5.66.